The predicted octanol–water partition coefficient (Wildman–Crippen LogP) is 3.50. The molecule has 0 radical (unpaired) electrons. The maximum atomic E-state index is 13.7. The Hall–Kier alpha value is -0.610. The maximum absolute atomic E-state index is 13.7. The first-order valence-corrected chi connectivity index (χ1v) is 6.73. The molecule has 2 nitrogen and oxygen atoms in total. The van der Waals surface area contributed by atoms with Crippen LogP contribution < -0.4 is 10.1 Å². The summed E-state index contributed by atoms with van der Waals surface area (Å²) in [5.74, 6) is 0.0686. The van der Waals surface area contributed by atoms with Crippen molar-refractivity contribution in [2.24, 2.45) is 0 Å². The molecule has 0 unspecified atom stereocenters. The van der Waals surface area contributed by atoms with Crippen LogP contribution in [0.4, 0.5) is 4.39 Å². The van der Waals surface area contributed by atoms with Crippen LogP contribution in [-0.2, 0) is 0 Å². The molecule has 1 aliphatic carbocycles. The van der Waals surface area contributed by atoms with Crippen molar-refractivity contribution in [1.29, 1.82) is 0 Å². The molecular weight excluding hydrogens is 285 g/mol. The molecule has 17 heavy (non-hydrogen) atoms. The number of halogens is 2. The van der Waals surface area contributed by atoms with Gasteiger partial charge in [0.15, 0.2) is 11.6 Å². The van der Waals surface area contributed by atoms with Crippen molar-refractivity contribution < 1.29 is 9.13 Å². The number of hydrogen-bond donors (Lipinski definition) is 1. The quantitative estimate of drug-likeness (QED) is 0.899. The lowest BCUT2D eigenvalue weighted by Gasteiger charge is -2.42. The molecule has 1 aliphatic rings. The summed E-state index contributed by atoms with van der Waals surface area (Å²) >= 11 is 3.24. The van der Waals surface area contributed by atoms with Crippen LogP contribution in [0.25, 0.3) is 0 Å². The van der Waals surface area contributed by atoms with Crippen molar-refractivity contribution in [3.05, 3.63) is 28.5 Å². The first-order chi connectivity index (χ1) is 8.15. The Bertz CT molecular complexity index is 393. The normalized spacial score (nSPS) is 17.6. The van der Waals surface area contributed by atoms with Gasteiger partial charge in [-0.3, -0.25) is 0 Å². The summed E-state index contributed by atoms with van der Waals surface area (Å²) in [6.45, 7) is 0.901. The summed E-state index contributed by atoms with van der Waals surface area (Å²) in [5, 5.41) is 3.12. The predicted molar refractivity (Wildman–Crippen MR) is 69.9 cm³/mol. The topological polar surface area (TPSA) is 21.3 Å². The molecule has 1 N–H and O–H groups in total. The molecule has 0 saturated heterocycles. The van der Waals surface area contributed by atoms with Gasteiger partial charge in [0.05, 0.1) is 0 Å². The summed E-state index contributed by atoms with van der Waals surface area (Å²) in [4.78, 5) is 0. The van der Waals surface area contributed by atoms with E-state index in [0.717, 1.165) is 30.3 Å². The zero-order chi connectivity index (χ0) is 12.3. The van der Waals surface area contributed by atoms with Crippen molar-refractivity contribution in [1.82, 2.24) is 5.32 Å². The second-order valence-electron chi connectivity index (χ2n) is 4.57. The average molecular weight is 302 g/mol. The van der Waals surface area contributed by atoms with Crippen molar-refractivity contribution in [3.63, 3.8) is 0 Å². The van der Waals surface area contributed by atoms with Crippen molar-refractivity contribution in [2.45, 2.75) is 31.3 Å². The Kier molecular flexibility index (Phi) is 4.05. The minimum atomic E-state index is -0.296. The van der Waals surface area contributed by atoms with Gasteiger partial charge in [-0.05, 0) is 57.5 Å². The molecule has 1 aromatic carbocycles. The number of rotatable bonds is 5. The second kappa shape index (κ2) is 5.36. The molecule has 94 valence electrons. The number of nitrogens with one attached hydrogen (secondary N) is 1. The minimum absolute atomic E-state index is 0.155. The van der Waals surface area contributed by atoms with Crippen LogP contribution in [0.2, 0.25) is 0 Å². The monoisotopic (exact) mass is 301 g/mol. The van der Waals surface area contributed by atoms with E-state index in [-0.39, 0.29) is 11.4 Å². The first kappa shape index (κ1) is 12.8. The fourth-order valence-corrected chi connectivity index (χ4v) is 2.45. The molecule has 1 fully saturated rings. The first-order valence-electron chi connectivity index (χ1n) is 5.94. The summed E-state index contributed by atoms with van der Waals surface area (Å²) in [5.41, 5.74) is -0.155. The van der Waals surface area contributed by atoms with Crippen molar-refractivity contribution >= 4 is 15.9 Å². The molecule has 0 amide bonds. The fraction of sp³-hybridized carbons (Fsp3) is 0.538. The van der Waals surface area contributed by atoms with Crippen LogP contribution in [0.15, 0.2) is 22.7 Å². The molecule has 0 aliphatic heterocycles. The summed E-state index contributed by atoms with van der Waals surface area (Å²) < 4.78 is 20.3. The number of benzene rings is 1. The highest BCUT2D eigenvalue weighted by Crippen LogP contribution is 2.40. The molecule has 0 heterocycles. The third-order valence-electron chi connectivity index (χ3n) is 3.32. The van der Waals surface area contributed by atoms with Gasteiger partial charge in [-0.15, -0.1) is 0 Å². The second-order valence-corrected chi connectivity index (χ2v) is 5.48. The minimum Gasteiger partial charge on any atom is -0.484 e. The van der Waals surface area contributed by atoms with E-state index >= 15 is 0 Å². The maximum Gasteiger partial charge on any atom is 0.166 e. The van der Waals surface area contributed by atoms with E-state index in [1.807, 2.05) is 13.1 Å². The highest BCUT2D eigenvalue weighted by molar-refractivity contribution is 9.10. The lowest BCUT2D eigenvalue weighted by atomic mass is 9.77. The van der Waals surface area contributed by atoms with E-state index in [9.17, 15) is 4.39 Å². The molecule has 0 atom stereocenters. The Labute approximate surface area is 110 Å². The molecule has 0 aromatic heterocycles. The Morgan fingerprint density at radius 1 is 1.47 bits per heavy atom. The van der Waals surface area contributed by atoms with Gasteiger partial charge >= 0.3 is 0 Å². The molecule has 0 spiro atoms. The zero-order valence-corrected chi connectivity index (χ0v) is 11.5. The largest absolute Gasteiger partial charge is 0.484 e. The van der Waals surface area contributed by atoms with E-state index in [1.165, 1.54) is 12.5 Å². The lowest BCUT2D eigenvalue weighted by Crippen LogP contribution is -2.45. The van der Waals surface area contributed by atoms with E-state index < -0.39 is 0 Å². The Balaban J connectivity index is 2.07. The smallest absolute Gasteiger partial charge is 0.166 e. The van der Waals surface area contributed by atoms with Crippen LogP contribution in [0, 0.1) is 5.82 Å². The van der Waals surface area contributed by atoms with Crippen LogP contribution in [0.5, 0.6) is 5.75 Å². The summed E-state index contributed by atoms with van der Waals surface area (Å²) in [6, 6.07) is 4.95. The number of ether oxygens (including phenoxy) is 1. The molecule has 0 bridgehead atoms. The average Bonchev–Trinajstić information content (AvgIpc) is 2.25. The zero-order valence-electron chi connectivity index (χ0n) is 9.93. The molecular formula is C13H17BrFNO. The lowest BCUT2D eigenvalue weighted by molar-refractivity contribution is -0.0168. The van der Waals surface area contributed by atoms with Gasteiger partial charge in [0.25, 0.3) is 0 Å². The van der Waals surface area contributed by atoms with Crippen molar-refractivity contribution in [2.75, 3.05) is 13.6 Å². The molecule has 2 rings (SSSR count). The van der Waals surface area contributed by atoms with E-state index in [0.29, 0.717) is 5.75 Å². The summed E-state index contributed by atoms with van der Waals surface area (Å²) in [6.07, 6.45) is 4.13. The van der Waals surface area contributed by atoms with Gasteiger partial charge in [0, 0.05) is 4.47 Å². The Morgan fingerprint density at radius 3 is 2.76 bits per heavy atom. The van der Waals surface area contributed by atoms with Gasteiger partial charge in [-0.2, -0.15) is 0 Å². The highest BCUT2D eigenvalue weighted by Gasteiger charge is 2.39. The molecule has 1 aromatic rings. The standard InChI is InChI=1S/C13H17BrFNO/c1-16-8-7-13(5-2-6-13)17-12-4-3-10(14)9-11(12)15/h3-4,9,16H,2,5-8H2,1H3. The van der Waals surface area contributed by atoms with Gasteiger partial charge in [-0.25, -0.2) is 4.39 Å². The van der Waals surface area contributed by atoms with E-state index in [1.54, 1.807) is 6.07 Å². The van der Waals surface area contributed by atoms with Crippen LogP contribution in [0.3, 0.4) is 0 Å². The molecule has 4 heteroatoms. The summed E-state index contributed by atoms with van der Waals surface area (Å²) in [7, 11) is 1.92. The SMILES string of the molecule is CNCCC1(Oc2ccc(Br)cc2F)CCC1. The molecule has 1 saturated carbocycles. The Morgan fingerprint density at radius 2 is 2.24 bits per heavy atom. The van der Waals surface area contributed by atoms with Crippen LogP contribution >= 0.6 is 15.9 Å². The third-order valence-corrected chi connectivity index (χ3v) is 3.81. The third kappa shape index (κ3) is 2.99. The van der Waals surface area contributed by atoms with Gasteiger partial charge in [-0.1, -0.05) is 15.9 Å². The van der Waals surface area contributed by atoms with Crippen molar-refractivity contribution in [3.8, 4) is 5.75 Å². The fourth-order valence-electron chi connectivity index (χ4n) is 2.12. The van der Waals surface area contributed by atoms with Gasteiger partial charge in [0.1, 0.15) is 5.60 Å². The van der Waals surface area contributed by atoms with Gasteiger partial charge in [0.2, 0.25) is 0 Å². The highest BCUT2D eigenvalue weighted by atomic mass is 79.9. The van der Waals surface area contributed by atoms with Crippen LogP contribution in [-0.4, -0.2) is 19.2 Å². The number of hydrogen-bond acceptors (Lipinski definition) is 2. The van der Waals surface area contributed by atoms with Gasteiger partial charge < -0.3 is 10.1 Å². The van der Waals surface area contributed by atoms with E-state index in [4.69, 9.17) is 4.74 Å². The van der Waals surface area contributed by atoms with E-state index in [2.05, 4.69) is 21.2 Å². The van der Waals surface area contributed by atoms with Crippen LogP contribution in [0.1, 0.15) is 25.7 Å².